The van der Waals surface area contributed by atoms with E-state index in [9.17, 15) is 19.5 Å². The Kier molecular flexibility index (Phi) is 7.87. The first-order valence-corrected chi connectivity index (χ1v) is 11.3. The molecule has 0 saturated carbocycles. The van der Waals surface area contributed by atoms with E-state index in [0.717, 1.165) is 21.8 Å². The molecular formula is C24H28N2O4S. The summed E-state index contributed by atoms with van der Waals surface area (Å²) in [5, 5.41) is 12.1. The zero-order chi connectivity index (χ0) is 22.4. The Hall–Kier alpha value is -2.64. The van der Waals surface area contributed by atoms with Crippen molar-refractivity contribution in [2.75, 3.05) is 13.2 Å². The van der Waals surface area contributed by atoms with Crippen LogP contribution in [0.4, 0.5) is 0 Å². The quantitative estimate of drug-likeness (QED) is 0.437. The Morgan fingerprint density at radius 3 is 2.13 bits per heavy atom. The van der Waals surface area contributed by atoms with Crippen LogP contribution in [0.15, 0.2) is 54.6 Å². The summed E-state index contributed by atoms with van der Waals surface area (Å²) in [6.07, 6.45) is 1.17. The van der Waals surface area contributed by atoms with Crippen LogP contribution in [0, 0.1) is 11.8 Å². The van der Waals surface area contributed by atoms with Gasteiger partial charge in [0.05, 0.1) is 11.1 Å². The maximum absolute atomic E-state index is 13.0. The average Bonchev–Trinajstić information content (AvgIpc) is 3.01. The molecule has 0 spiro atoms. The number of aliphatic hydroxyl groups is 1. The summed E-state index contributed by atoms with van der Waals surface area (Å²) in [4.78, 5) is 38.3. The molecule has 3 rings (SSSR count). The highest BCUT2D eigenvalue weighted by atomic mass is 32.2. The van der Waals surface area contributed by atoms with E-state index in [1.165, 1.54) is 0 Å². The number of amides is 3. The summed E-state index contributed by atoms with van der Waals surface area (Å²) in [6.45, 7) is 4.27. The molecule has 6 nitrogen and oxygen atoms in total. The number of hydrogen-bond acceptors (Lipinski definition) is 5. The highest BCUT2D eigenvalue weighted by Crippen LogP contribution is 2.32. The Labute approximate surface area is 187 Å². The van der Waals surface area contributed by atoms with Crippen molar-refractivity contribution < 1.29 is 19.5 Å². The minimum Gasteiger partial charge on any atom is -0.396 e. The second-order valence-corrected chi connectivity index (χ2v) is 9.30. The molecule has 7 heteroatoms. The van der Waals surface area contributed by atoms with Crippen molar-refractivity contribution in [2.45, 2.75) is 31.9 Å². The van der Waals surface area contributed by atoms with Crippen LogP contribution in [0.25, 0.3) is 0 Å². The zero-order valence-electron chi connectivity index (χ0n) is 17.8. The third-order valence-electron chi connectivity index (χ3n) is 5.16. The first kappa shape index (κ1) is 23.0. The molecule has 1 unspecified atom stereocenters. The van der Waals surface area contributed by atoms with Crippen molar-refractivity contribution in [1.82, 2.24) is 9.62 Å². The Balaban J connectivity index is 1.64. The number of carbonyl (C=O) groups is 3. The molecule has 2 atom stereocenters. The van der Waals surface area contributed by atoms with Gasteiger partial charge in [0, 0.05) is 19.1 Å². The van der Waals surface area contributed by atoms with E-state index in [0.29, 0.717) is 30.5 Å². The van der Waals surface area contributed by atoms with E-state index in [1.54, 1.807) is 24.3 Å². The fourth-order valence-electron chi connectivity index (χ4n) is 3.52. The number of carbonyl (C=O) groups excluding carboxylic acids is 3. The Bertz CT molecular complexity index is 897. The van der Waals surface area contributed by atoms with E-state index in [1.807, 2.05) is 44.2 Å². The molecule has 164 valence electrons. The lowest BCUT2D eigenvalue weighted by atomic mass is 10.00. The summed E-state index contributed by atoms with van der Waals surface area (Å²) < 4.78 is 1.10. The summed E-state index contributed by atoms with van der Waals surface area (Å²) in [5.74, 6) is -0.914. The molecule has 2 aromatic carbocycles. The van der Waals surface area contributed by atoms with Gasteiger partial charge < -0.3 is 10.4 Å². The van der Waals surface area contributed by atoms with Crippen molar-refractivity contribution in [3.8, 4) is 0 Å². The minimum absolute atomic E-state index is 0.0461. The predicted octanol–water partition coefficient (Wildman–Crippen LogP) is 3.31. The molecule has 1 aliphatic heterocycles. The largest absolute Gasteiger partial charge is 0.396 e. The predicted molar refractivity (Wildman–Crippen MR) is 122 cm³/mol. The zero-order valence-corrected chi connectivity index (χ0v) is 18.6. The number of imide groups is 1. The van der Waals surface area contributed by atoms with E-state index in [4.69, 9.17) is 0 Å². The molecule has 0 aliphatic carbocycles. The maximum Gasteiger partial charge on any atom is 0.271 e. The van der Waals surface area contributed by atoms with Crippen molar-refractivity contribution in [3.63, 3.8) is 0 Å². The first-order chi connectivity index (χ1) is 14.9. The standard InChI is InChI=1S/C24H28N2O4S/c1-16(2)12-21(31-26-23(29)19-10-6-7-11-20(19)24(26)30)22(28)25-14-18(15-27)13-17-8-4-3-5-9-17/h3-11,16,18,21,27H,12-15H2,1-2H3,(H,25,28)/t18?,21-/m0/s1. The van der Waals surface area contributed by atoms with E-state index in [-0.39, 0.29) is 36.2 Å². The van der Waals surface area contributed by atoms with E-state index >= 15 is 0 Å². The van der Waals surface area contributed by atoms with Crippen LogP contribution in [0.2, 0.25) is 0 Å². The van der Waals surface area contributed by atoms with E-state index < -0.39 is 5.25 Å². The van der Waals surface area contributed by atoms with Crippen LogP contribution in [-0.4, -0.2) is 45.5 Å². The molecule has 0 radical (unpaired) electrons. The topological polar surface area (TPSA) is 86.7 Å². The number of aliphatic hydroxyl groups excluding tert-OH is 1. The first-order valence-electron chi connectivity index (χ1n) is 10.5. The van der Waals surface area contributed by atoms with Gasteiger partial charge >= 0.3 is 0 Å². The Morgan fingerprint density at radius 2 is 1.58 bits per heavy atom. The highest BCUT2D eigenvalue weighted by molar-refractivity contribution is 7.99. The van der Waals surface area contributed by atoms with Crippen molar-refractivity contribution >= 4 is 29.7 Å². The van der Waals surface area contributed by atoms with Gasteiger partial charge in [0.15, 0.2) is 0 Å². The number of hydrogen-bond donors (Lipinski definition) is 2. The van der Waals surface area contributed by atoms with Crippen molar-refractivity contribution in [1.29, 1.82) is 0 Å². The lowest BCUT2D eigenvalue weighted by Crippen LogP contribution is -2.40. The van der Waals surface area contributed by atoms with Crippen LogP contribution in [0.1, 0.15) is 46.5 Å². The van der Waals surface area contributed by atoms with Gasteiger partial charge in [0.1, 0.15) is 5.25 Å². The van der Waals surface area contributed by atoms with Crippen molar-refractivity contribution in [2.24, 2.45) is 11.8 Å². The summed E-state index contributed by atoms with van der Waals surface area (Å²) >= 11 is 0.985. The molecule has 3 amide bonds. The summed E-state index contributed by atoms with van der Waals surface area (Å²) in [5.41, 5.74) is 1.83. The second-order valence-electron chi connectivity index (χ2n) is 8.16. The van der Waals surface area contributed by atoms with Gasteiger partial charge in [-0.3, -0.25) is 14.4 Å². The maximum atomic E-state index is 13.0. The summed E-state index contributed by atoms with van der Waals surface area (Å²) in [7, 11) is 0. The molecular weight excluding hydrogens is 412 g/mol. The monoisotopic (exact) mass is 440 g/mol. The second kappa shape index (κ2) is 10.6. The van der Waals surface area contributed by atoms with Gasteiger partial charge in [-0.05, 0) is 48.4 Å². The molecule has 2 N–H and O–H groups in total. The third-order valence-corrected chi connectivity index (χ3v) is 6.36. The smallest absolute Gasteiger partial charge is 0.271 e. The molecule has 0 fully saturated rings. The fraction of sp³-hybridized carbons (Fsp3) is 0.375. The van der Waals surface area contributed by atoms with Gasteiger partial charge in [-0.2, -0.15) is 0 Å². The van der Waals surface area contributed by atoms with Gasteiger partial charge in [-0.25, -0.2) is 4.31 Å². The van der Waals surface area contributed by atoms with Crippen LogP contribution in [-0.2, 0) is 11.2 Å². The molecule has 2 aromatic rings. The lowest BCUT2D eigenvalue weighted by Gasteiger charge is -2.23. The normalized spacial score (nSPS) is 15.2. The van der Waals surface area contributed by atoms with Crippen molar-refractivity contribution in [3.05, 3.63) is 71.3 Å². The lowest BCUT2D eigenvalue weighted by molar-refractivity contribution is -0.121. The van der Waals surface area contributed by atoms with Gasteiger partial charge in [-0.15, -0.1) is 0 Å². The van der Waals surface area contributed by atoms with Crippen LogP contribution in [0.5, 0.6) is 0 Å². The number of nitrogens with zero attached hydrogens (tertiary/aromatic N) is 1. The van der Waals surface area contributed by atoms with Crippen LogP contribution >= 0.6 is 11.9 Å². The molecule has 0 bridgehead atoms. The third kappa shape index (κ3) is 5.74. The highest BCUT2D eigenvalue weighted by Gasteiger charge is 2.39. The number of benzene rings is 2. The minimum atomic E-state index is -0.585. The Morgan fingerprint density at radius 1 is 1.00 bits per heavy atom. The van der Waals surface area contributed by atoms with Crippen LogP contribution in [0.3, 0.4) is 0 Å². The molecule has 1 aliphatic rings. The van der Waals surface area contributed by atoms with Gasteiger partial charge in [0.2, 0.25) is 5.91 Å². The van der Waals surface area contributed by atoms with Gasteiger partial charge in [-0.1, -0.05) is 56.3 Å². The fourth-order valence-corrected chi connectivity index (χ4v) is 4.82. The van der Waals surface area contributed by atoms with E-state index in [2.05, 4.69) is 5.32 Å². The molecule has 31 heavy (non-hydrogen) atoms. The number of nitrogens with one attached hydrogen (secondary N) is 1. The molecule has 1 heterocycles. The SMILES string of the molecule is CC(C)C[C@H](SN1C(=O)c2ccccc2C1=O)C(=O)NCC(CO)Cc1ccccc1. The number of fused-ring (bicyclic) bond motifs is 1. The molecule has 0 aromatic heterocycles. The summed E-state index contributed by atoms with van der Waals surface area (Å²) in [6, 6.07) is 16.5. The molecule has 0 saturated heterocycles. The average molecular weight is 441 g/mol. The number of rotatable bonds is 10. The van der Waals surface area contributed by atoms with Crippen LogP contribution < -0.4 is 5.32 Å². The van der Waals surface area contributed by atoms with Gasteiger partial charge in [0.25, 0.3) is 11.8 Å².